The molecule has 0 radical (unpaired) electrons. The molecule has 1 aromatic rings. The first-order chi connectivity index (χ1) is 9.33. The zero-order chi connectivity index (χ0) is 14.8. The van der Waals surface area contributed by atoms with Gasteiger partial charge in [-0.15, -0.1) is 0 Å². The fourth-order valence-corrected chi connectivity index (χ4v) is 2.21. The van der Waals surface area contributed by atoms with Gasteiger partial charge < -0.3 is 15.1 Å². The van der Waals surface area contributed by atoms with Crippen LogP contribution in [0.5, 0.6) is 0 Å². The van der Waals surface area contributed by atoms with E-state index in [-0.39, 0.29) is 5.54 Å². The summed E-state index contributed by atoms with van der Waals surface area (Å²) >= 11 is 0. The summed E-state index contributed by atoms with van der Waals surface area (Å²) in [6.07, 6.45) is 0. The van der Waals surface area contributed by atoms with E-state index in [2.05, 4.69) is 54.0 Å². The van der Waals surface area contributed by atoms with E-state index in [0.717, 1.165) is 50.1 Å². The molecule has 1 aliphatic heterocycles. The Morgan fingerprint density at radius 3 is 2.40 bits per heavy atom. The van der Waals surface area contributed by atoms with Gasteiger partial charge in [-0.25, -0.2) is 9.97 Å². The lowest BCUT2D eigenvalue weighted by Crippen LogP contribution is -2.45. The number of aryl methyl sites for hydroxylation is 1. The zero-order valence-electron chi connectivity index (χ0n) is 13.4. The van der Waals surface area contributed by atoms with Crippen LogP contribution in [0.15, 0.2) is 6.07 Å². The Labute approximate surface area is 122 Å². The van der Waals surface area contributed by atoms with E-state index in [4.69, 9.17) is 4.98 Å². The highest BCUT2D eigenvalue weighted by molar-refractivity contribution is 5.33. The highest BCUT2D eigenvalue weighted by Gasteiger charge is 2.17. The summed E-state index contributed by atoms with van der Waals surface area (Å²) in [7, 11) is 2.16. The number of rotatable bonds is 3. The highest BCUT2D eigenvalue weighted by Crippen LogP contribution is 2.13. The van der Waals surface area contributed by atoms with E-state index in [0.29, 0.717) is 0 Å². The van der Waals surface area contributed by atoms with Crippen molar-refractivity contribution in [1.29, 1.82) is 0 Å². The van der Waals surface area contributed by atoms with E-state index < -0.39 is 0 Å². The molecule has 0 spiro atoms. The lowest BCUT2D eigenvalue weighted by atomic mass is 10.1. The fraction of sp³-hybridized carbons (Fsp3) is 0.733. The third-order valence-electron chi connectivity index (χ3n) is 3.48. The molecule has 0 atom stereocenters. The number of anilines is 1. The summed E-state index contributed by atoms with van der Waals surface area (Å²) in [6.45, 7) is 13.5. The largest absolute Gasteiger partial charge is 0.338 e. The van der Waals surface area contributed by atoms with Crippen molar-refractivity contribution < 1.29 is 0 Å². The van der Waals surface area contributed by atoms with Crippen LogP contribution in [-0.4, -0.2) is 53.6 Å². The summed E-state index contributed by atoms with van der Waals surface area (Å²) in [6, 6.07) is 2.07. The molecule has 0 aliphatic carbocycles. The van der Waals surface area contributed by atoms with Crippen molar-refractivity contribution in [3.05, 3.63) is 17.5 Å². The lowest BCUT2D eigenvalue weighted by molar-refractivity contribution is 0.311. The molecule has 1 N–H and O–H groups in total. The third-order valence-corrected chi connectivity index (χ3v) is 3.48. The van der Waals surface area contributed by atoms with Crippen LogP contribution in [0.3, 0.4) is 0 Å². The van der Waals surface area contributed by atoms with Gasteiger partial charge >= 0.3 is 0 Å². The Morgan fingerprint density at radius 1 is 1.15 bits per heavy atom. The molecule has 2 rings (SSSR count). The molecule has 0 bridgehead atoms. The maximum Gasteiger partial charge on any atom is 0.225 e. The molecular formula is C15H27N5. The van der Waals surface area contributed by atoms with Crippen LogP contribution in [-0.2, 0) is 6.54 Å². The fourth-order valence-electron chi connectivity index (χ4n) is 2.21. The first kappa shape index (κ1) is 15.2. The molecule has 112 valence electrons. The molecule has 20 heavy (non-hydrogen) atoms. The summed E-state index contributed by atoms with van der Waals surface area (Å²) in [5, 5.41) is 3.49. The van der Waals surface area contributed by atoms with Crippen LogP contribution in [0.25, 0.3) is 0 Å². The van der Waals surface area contributed by atoms with Crippen LogP contribution in [0.1, 0.15) is 32.2 Å². The summed E-state index contributed by atoms with van der Waals surface area (Å²) in [4.78, 5) is 13.9. The number of hydrogen-bond donors (Lipinski definition) is 1. The standard InChI is InChI=1S/C15H27N5/c1-12-10-13(11-16-15(2,3)4)18-14(17-12)20-8-6-19(5)7-9-20/h10,16H,6-9,11H2,1-5H3. The molecule has 1 aromatic heterocycles. The van der Waals surface area contributed by atoms with Gasteiger partial charge in [0.05, 0.1) is 5.69 Å². The Morgan fingerprint density at radius 2 is 1.80 bits per heavy atom. The van der Waals surface area contributed by atoms with Gasteiger partial charge in [0.1, 0.15) is 0 Å². The van der Waals surface area contributed by atoms with Gasteiger partial charge in [0.2, 0.25) is 5.95 Å². The highest BCUT2D eigenvalue weighted by atomic mass is 15.3. The molecule has 5 nitrogen and oxygen atoms in total. The van der Waals surface area contributed by atoms with Gasteiger partial charge in [-0.05, 0) is 40.8 Å². The van der Waals surface area contributed by atoms with Crippen molar-refractivity contribution in [3.63, 3.8) is 0 Å². The van der Waals surface area contributed by atoms with E-state index >= 15 is 0 Å². The molecule has 0 aromatic carbocycles. The first-order valence-corrected chi connectivity index (χ1v) is 7.36. The van der Waals surface area contributed by atoms with Crippen molar-refractivity contribution in [3.8, 4) is 0 Å². The minimum absolute atomic E-state index is 0.104. The molecule has 1 saturated heterocycles. The maximum atomic E-state index is 4.72. The molecular weight excluding hydrogens is 250 g/mol. The lowest BCUT2D eigenvalue weighted by Gasteiger charge is -2.32. The molecule has 5 heteroatoms. The average molecular weight is 277 g/mol. The Balaban J connectivity index is 2.08. The maximum absolute atomic E-state index is 4.72. The first-order valence-electron chi connectivity index (χ1n) is 7.36. The molecule has 2 heterocycles. The molecule has 1 fully saturated rings. The van der Waals surface area contributed by atoms with Crippen LogP contribution >= 0.6 is 0 Å². The van der Waals surface area contributed by atoms with Crippen molar-refractivity contribution in [1.82, 2.24) is 20.2 Å². The second kappa shape index (κ2) is 6.06. The molecule has 1 aliphatic rings. The second-order valence-corrected chi connectivity index (χ2v) is 6.69. The average Bonchev–Trinajstić information content (AvgIpc) is 2.36. The number of nitrogens with zero attached hydrogens (tertiary/aromatic N) is 4. The van der Waals surface area contributed by atoms with Crippen LogP contribution < -0.4 is 10.2 Å². The predicted molar refractivity (Wildman–Crippen MR) is 83.1 cm³/mol. The van der Waals surface area contributed by atoms with E-state index in [1.165, 1.54) is 0 Å². The van der Waals surface area contributed by atoms with Crippen molar-refractivity contribution in [2.75, 3.05) is 38.1 Å². The van der Waals surface area contributed by atoms with Gasteiger partial charge in [-0.2, -0.15) is 0 Å². The Kier molecular flexibility index (Phi) is 4.60. The van der Waals surface area contributed by atoms with Crippen LogP contribution in [0.2, 0.25) is 0 Å². The van der Waals surface area contributed by atoms with Gasteiger partial charge in [-0.1, -0.05) is 0 Å². The minimum Gasteiger partial charge on any atom is -0.338 e. The number of nitrogens with one attached hydrogen (secondary N) is 1. The monoisotopic (exact) mass is 277 g/mol. The zero-order valence-corrected chi connectivity index (χ0v) is 13.4. The molecule has 0 saturated carbocycles. The van der Waals surface area contributed by atoms with Gasteiger partial charge in [0.25, 0.3) is 0 Å². The van der Waals surface area contributed by atoms with Crippen LogP contribution in [0.4, 0.5) is 5.95 Å². The summed E-state index contributed by atoms with van der Waals surface area (Å²) in [5.74, 6) is 0.879. The van der Waals surface area contributed by atoms with Crippen molar-refractivity contribution in [2.45, 2.75) is 39.8 Å². The SMILES string of the molecule is Cc1cc(CNC(C)(C)C)nc(N2CCN(C)CC2)n1. The second-order valence-electron chi connectivity index (χ2n) is 6.69. The molecule has 0 unspecified atom stereocenters. The van der Waals surface area contributed by atoms with E-state index in [1.807, 2.05) is 6.92 Å². The molecule has 0 amide bonds. The number of hydrogen-bond acceptors (Lipinski definition) is 5. The minimum atomic E-state index is 0.104. The number of aromatic nitrogens is 2. The Hall–Kier alpha value is -1.20. The van der Waals surface area contributed by atoms with Crippen LogP contribution in [0, 0.1) is 6.92 Å². The van der Waals surface area contributed by atoms with E-state index in [1.54, 1.807) is 0 Å². The van der Waals surface area contributed by atoms with Gasteiger partial charge in [-0.3, -0.25) is 0 Å². The summed E-state index contributed by atoms with van der Waals surface area (Å²) in [5.41, 5.74) is 2.22. The summed E-state index contributed by atoms with van der Waals surface area (Å²) < 4.78 is 0. The normalized spacial score (nSPS) is 17.6. The third kappa shape index (κ3) is 4.42. The van der Waals surface area contributed by atoms with E-state index in [9.17, 15) is 0 Å². The predicted octanol–water partition coefficient (Wildman–Crippen LogP) is 1.42. The van der Waals surface area contributed by atoms with Gasteiger partial charge in [0, 0.05) is 44.0 Å². The number of likely N-dealkylation sites (N-methyl/N-ethyl adjacent to an activating group) is 1. The van der Waals surface area contributed by atoms with Crippen molar-refractivity contribution in [2.24, 2.45) is 0 Å². The smallest absolute Gasteiger partial charge is 0.225 e. The van der Waals surface area contributed by atoms with Gasteiger partial charge in [0.15, 0.2) is 0 Å². The van der Waals surface area contributed by atoms with Crippen molar-refractivity contribution >= 4 is 5.95 Å². The number of piperazine rings is 1. The topological polar surface area (TPSA) is 44.3 Å². The quantitative estimate of drug-likeness (QED) is 0.905. The Bertz CT molecular complexity index is 444.